The largest absolute Gasteiger partial charge is 0.454 e. The Kier molecular flexibility index (Phi) is 3.50. The van der Waals surface area contributed by atoms with Crippen molar-refractivity contribution in [1.29, 1.82) is 0 Å². The summed E-state index contributed by atoms with van der Waals surface area (Å²) in [6.45, 7) is 3.72. The first-order valence-electron chi connectivity index (χ1n) is 5.87. The number of nitrogens with zero attached hydrogens (tertiary/aromatic N) is 3. The number of carbonyl (C=O) groups excluding carboxylic acids is 1. The molecule has 6 nitrogen and oxygen atoms in total. The lowest BCUT2D eigenvalue weighted by Crippen LogP contribution is -2.12. The summed E-state index contributed by atoms with van der Waals surface area (Å²) in [7, 11) is 1.82. The fraction of sp³-hybridized carbons (Fsp3) is 0.308. The number of esters is 1. The Hall–Kier alpha value is -2.37. The molecule has 2 N–H and O–H groups in total. The number of hydrogen-bond acceptors (Lipinski definition) is 5. The quantitative estimate of drug-likeness (QED) is 0.665. The molecule has 0 saturated carbocycles. The van der Waals surface area contributed by atoms with Gasteiger partial charge in [-0.15, -0.1) is 10.2 Å². The highest BCUT2D eigenvalue weighted by Crippen LogP contribution is 2.17. The van der Waals surface area contributed by atoms with Crippen LogP contribution in [0.5, 0.6) is 0 Å². The summed E-state index contributed by atoms with van der Waals surface area (Å²) in [5.74, 6) is 0.913. The number of aromatic nitrogens is 3. The number of aryl methyl sites for hydroxylation is 2. The number of rotatable bonds is 3. The van der Waals surface area contributed by atoms with Crippen molar-refractivity contribution in [3.63, 3.8) is 0 Å². The van der Waals surface area contributed by atoms with Crippen molar-refractivity contribution in [3.8, 4) is 0 Å². The highest BCUT2D eigenvalue weighted by Gasteiger charge is 2.15. The Morgan fingerprint density at radius 2 is 2.11 bits per heavy atom. The minimum Gasteiger partial charge on any atom is -0.454 e. The van der Waals surface area contributed by atoms with E-state index in [0.717, 1.165) is 11.4 Å². The van der Waals surface area contributed by atoms with E-state index in [9.17, 15) is 4.79 Å². The fourth-order valence-electron chi connectivity index (χ4n) is 1.75. The third-order valence-electron chi connectivity index (χ3n) is 3.02. The van der Waals surface area contributed by atoms with Crippen molar-refractivity contribution in [1.82, 2.24) is 14.8 Å². The van der Waals surface area contributed by atoms with E-state index in [-0.39, 0.29) is 6.61 Å². The van der Waals surface area contributed by atoms with Gasteiger partial charge in [-0.05, 0) is 25.5 Å². The molecular weight excluding hydrogens is 244 g/mol. The molecule has 0 atom stereocenters. The van der Waals surface area contributed by atoms with Crippen LogP contribution >= 0.6 is 0 Å². The van der Waals surface area contributed by atoms with Gasteiger partial charge in [0, 0.05) is 12.7 Å². The van der Waals surface area contributed by atoms with Crippen LogP contribution in [0.4, 0.5) is 5.69 Å². The zero-order chi connectivity index (χ0) is 14.0. The Morgan fingerprint density at radius 1 is 1.37 bits per heavy atom. The van der Waals surface area contributed by atoms with Gasteiger partial charge in [0.1, 0.15) is 5.82 Å². The van der Waals surface area contributed by atoms with Crippen LogP contribution in [0.25, 0.3) is 0 Å². The molecule has 0 spiro atoms. The maximum atomic E-state index is 12.0. The third kappa shape index (κ3) is 2.57. The Labute approximate surface area is 111 Å². The fourth-order valence-corrected chi connectivity index (χ4v) is 1.75. The lowest BCUT2D eigenvalue weighted by atomic mass is 10.1. The van der Waals surface area contributed by atoms with Crippen molar-refractivity contribution >= 4 is 11.7 Å². The molecule has 0 aliphatic carbocycles. The molecule has 0 aliphatic rings. The average Bonchev–Trinajstić information content (AvgIpc) is 2.67. The third-order valence-corrected chi connectivity index (χ3v) is 3.02. The van der Waals surface area contributed by atoms with E-state index in [1.54, 1.807) is 16.7 Å². The summed E-state index contributed by atoms with van der Waals surface area (Å²) in [5, 5.41) is 7.83. The zero-order valence-corrected chi connectivity index (χ0v) is 11.2. The maximum absolute atomic E-state index is 12.0. The summed E-state index contributed by atoms with van der Waals surface area (Å²) in [6.07, 6.45) is 0. The van der Waals surface area contributed by atoms with Crippen LogP contribution in [0, 0.1) is 13.8 Å². The van der Waals surface area contributed by atoms with E-state index in [0.29, 0.717) is 17.1 Å². The van der Waals surface area contributed by atoms with Crippen molar-refractivity contribution in [2.75, 3.05) is 5.73 Å². The van der Waals surface area contributed by atoms with Gasteiger partial charge < -0.3 is 15.0 Å². The van der Waals surface area contributed by atoms with Crippen LogP contribution in [0.3, 0.4) is 0 Å². The number of anilines is 1. The summed E-state index contributed by atoms with van der Waals surface area (Å²) in [6, 6.07) is 5.29. The zero-order valence-electron chi connectivity index (χ0n) is 11.2. The van der Waals surface area contributed by atoms with E-state index in [1.807, 2.05) is 27.0 Å². The van der Waals surface area contributed by atoms with Gasteiger partial charge in [-0.3, -0.25) is 0 Å². The second-order valence-electron chi connectivity index (χ2n) is 4.34. The topological polar surface area (TPSA) is 83.0 Å². The highest BCUT2D eigenvalue weighted by atomic mass is 16.5. The first kappa shape index (κ1) is 13.1. The molecular formula is C13H16N4O2. The normalized spacial score (nSPS) is 10.5. The molecule has 1 aromatic heterocycles. The summed E-state index contributed by atoms with van der Waals surface area (Å²) in [4.78, 5) is 12.0. The molecule has 0 saturated heterocycles. The molecule has 0 amide bonds. The number of hydrogen-bond donors (Lipinski definition) is 1. The van der Waals surface area contributed by atoms with Crippen molar-refractivity contribution in [2.45, 2.75) is 20.5 Å². The molecule has 19 heavy (non-hydrogen) atoms. The minimum absolute atomic E-state index is 0.0734. The number of nitrogen functional groups attached to an aromatic ring is 1. The van der Waals surface area contributed by atoms with E-state index in [2.05, 4.69) is 10.2 Å². The molecule has 0 aliphatic heterocycles. The van der Waals surface area contributed by atoms with Crippen LogP contribution in [-0.2, 0) is 18.4 Å². The molecule has 2 rings (SSSR count). The Balaban J connectivity index is 2.12. The number of ether oxygens (including phenoxy) is 1. The van der Waals surface area contributed by atoms with Gasteiger partial charge in [-0.2, -0.15) is 0 Å². The monoisotopic (exact) mass is 260 g/mol. The van der Waals surface area contributed by atoms with E-state index >= 15 is 0 Å². The molecule has 1 aromatic carbocycles. The second-order valence-corrected chi connectivity index (χ2v) is 4.34. The molecule has 100 valence electrons. The first-order valence-corrected chi connectivity index (χ1v) is 5.87. The van der Waals surface area contributed by atoms with Gasteiger partial charge in [0.2, 0.25) is 0 Å². The van der Waals surface area contributed by atoms with Gasteiger partial charge in [0.15, 0.2) is 12.4 Å². The van der Waals surface area contributed by atoms with Crippen LogP contribution in [0.15, 0.2) is 18.2 Å². The van der Waals surface area contributed by atoms with E-state index in [4.69, 9.17) is 10.5 Å². The minimum atomic E-state index is -0.448. The van der Waals surface area contributed by atoms with Gasteiger partial charge in [0.25, 0.3) is 0 Å². The first-order chi connectivity index (χ1) is 9.00. The lowest BCUT2D eigenvalue weighted by Gasteiger charge is -2.09. The lowest BCUT2D eigenvalue weighted by molar-refractivity contribution is 0.0459. The molecule has 0 fully saturated rings. The molecule has 2 aromatic rings. The van der Waals surface area contributed by atoms with E-state index < -0.39 is 5.97 Å². The average molecular weight is 260 g/mol. The van der Waals surface area contributed by atoms with Gasteiger partial charge in [-0.1, -0.05) is 12.1 Å². The number of carbonyl (C=O) groups is 1. The van der Waals surface area contributed by atoms with Crippen molar-refractivity contribution < 1.29 is 9.53 Å². The summed E-state index contributed by atoms with van der Waals surface area (Å²) in [5.41, 5.74) is 7.40. The Bertz CT molecular complexity index is 599. The van der Waals surface area contributed by atoms with Crippen LogP contribution in [0.1, 0.15) is 27.6 Å². The molecule has 1 heterocycles. The predicted molar refractivity (Wildman–Crippen MR) is 70.5 cm³/mol. The smallest absolute Gasteiger partial charge is 0.340 e. The summed E-state index contributed by atoms with van der Waals surface area (Å²) < 4.78 is 7.00. The van der Waals surface area contributed by atoms with Crippen molar-refractivity contribution in [3.05, 3.63) is 41.0 Å². The molecule has 6 heteroatoms. The number of nitrogens with two attached hydrogens (primary N) is 1. The van der Waals surface area contributed by atoms with Gasteiger partial charge >= 0.3 is 5.97 Å². The Morgan fingerprint density at radius 3 is 2.68 bits per heavy atom. The highest BCUT2D eigenvalue weighted by molar-refractivity contribution is 5.96. The maximum Gasteiger partial charge on any atom is 0.340 e. The van der Waals surface area contributed by atoms with Gasteiger partial charge in [-0.25, -0.2) is 4.79 Å². The summed E-state index contributed by atoms with van der Waals surface area (Å²) >= 11 is 0. The van der Waals surface area contributed by atoms with Crippen molar-refractivity contribution in [2.24, 2.45) is 7.05 Å². The molecule has 0 unspecified atom stereocenters. The predicted octanol–water partition coefficient (Wildman–Crippen LogP) is 1.37. The molecule has 0 radical (unpaired) electrons. The van der Waals surface area contributed by atoms with Crippen LogP contribution < -0.4 is 5.73 Å². The van der Waals surface area contributed by atoms with Crippen LogP contribution in [0.2, 0.25) is 0 Å². The molecule has 0 bridgehead atoms. The standard InChI is InChI=1S/C13H16N4O2/c1-8-5-4-6-10(14)12(8)13(18)19-7-11-16-15-9(2)17(11)3/h4-6H,7,14H2,1-3H3. The van der Waals surface area contributed by atoms with Crippen LogP contribution in [-0.4, -0.2) is 20.7 Å². The van der Waals surface area contributed by atoms with E-state index in [1.165, 1.54) is 0 Å². The SMILES string of the molecule is Cc1cccc(N)c1C(=O)OCc1nnc(C)n1C. The number of benzene rings is 1. The van der Waals surface area contributed by atoms with Gasteiger partial charge in [0.05, 0.1) is 5.56 Å². The second kappa shape index (κ2) is 5.09.